The summed E-state index contributed by atoms with van der Waals surface area (Å²) in [6, 6.07) is 13.1. The molecule has 0 bridgehead atoms. The van der Waals surface area contributed by atoms with Crippen LogP contribution in [0.1, 0.15) is 12.5 Å². The van der Waals surface area contributed by atoms with Crippen molar-refractivity contribution in [3.63, 3.8) is 0 Å². The van der Waals surface area contributed by atoms with Crippen molar-refractivity contribution in [1.82, 2.24) is 4.90 Å². The van der Waals surface area contributed by atoms with Gasteiger partial charge in [0, 0.05) is 31.2 Å². The standard InChI is InChI=1S/C21H20ClN3O4/c1-13(27)23-16-7-9-17(10-8-16)25-20(28)18(14-3-5-15(22)6-4-14)19(21(25)29)24(2)11-12-26/h3-10,26H,11-12H2,1-2H3,(H,23,27). The summed E-state index contributed by atoms with van der Waals surface area (Å²) in [7, 11) is 1.65. The lowest BCUT2D eigenvalue weighted by atomic mass is 10.0. The number of aliphatic hydroxyl groups excluding tert-OH is 1. The van der Waals surface area contributed by atoms with Gasteiger partial charge in [0.1, 0.15) is 5.70 Å². The van der Waals surface area contributed by atoms with Crippen LogP contribution in [0.2, 0.25) is 5.02 Å². The van der Waals surface area contributed by atoms with Gasteiger partial charge in [-0.25, -0.2) is 4.90 Å². The van der Waals surface area contributed by atoms with Crippen LogP contribution in [0.3, 0.4) is 0 Å². The number of carbonyl (C=O) groups is 3. The van der Waals surface area contributed by atoms with Gasteiger partial charge in [-0.15, -0.1) is 0 Å². The second-order valence-electron chi connectivity index (χ2n) is 6.55. The van der Waals surface area contributed by atoms with Crippen molar-refractivity contribution in [3.05, 3.63) is 64.8 Å². The Labute approximate surface area is 173 Å². The van der Waals surface area contributed by atoms with Crippen molar-refractivity contribution in [1.29, 1.82) is 0 Å². The Morgan fingerprint density at radius 2 is 1.69 bits per heavy atom. The van der Waals surface area contributed by atoms with Crippen LogP contribution >= 0.6 is 11.6 Å². The molecule has 3 amide bonds. The Kier molecular flexibility index (Phi) is 6.00. The highest BCUT2D eigenvalue weighted by Crippen LogP contribution is 2.35. The zero-order chi connectivity index (χ0) is 21.1. The summed E-state index contributed by atoms with van der Waals surface area (Å²) in [5.41, 5.74) is 1.95. The lowest BCUT2D eigenvalue weighted by molar-refractivity contribution is -0.120. The molecule has 0 saturated carbocycles. The van der Waals surface area contributed by atoms with E-state index in [1.807, 2.05) is 0 Å². The molecule has 1 aliphatic rings. The number of rotatable bonds is 6. The molecule has 0 atom stereocenters. The fourth-order valence-electron chi connectivity index (χ4n) is 3.14. The summed E-state index contributed by atoms with van der Waals surface area (Å²) in [5, 5.41) is 12.5. The molecule has 0 unspecified atom stereocenters. The van der Waals surface area contributed by atoms with Crippen molar-refractivity contribution >= 4 is 46.3 Å². The molecular formula is C21H20ClN3O4. The average molecular weight is 414 g/mol. The Hall–Kier alpha value is -3.16. The van der Waals surface area contributed by atoms with E-state index < -0.39 is 11.8 Å². The summed E-state index contributed by atoms with van der Waals surface area (Å²) in [6.07, 6.45) is 0. The third-order valence-electron chi connectivity index (χ3n) is 4.46. The van der Waals surface area contributed by atoms with Crippen LogP contribution in [-0.4, -0.2) is 47.9 Å². The minimum atomic E-state index is -0.483. The summed E-state index contributed by atoms with van der Waals surface area (Å²) in [6.45, 7) is 1.43. The van der Waals surface area contributed by atoms with Crippen molar-refractivity contribution < 1.29 is 19.5 Å². The van der Waals surface area contributed by atoms with Gasteiger partial charge >= 0.3 is 0 Å². The van der Waals surface area contributed by atoms with Crippen LogP contribution in [0.5, 0.6) is 0 Å². The Balaban J connectivity index is 2.03. The van der Waals surface area contributed by atoms with Gasteiger partial charge in [0.15, 0.2) is 0 Å². The topological polar surface area (TPSA) is 90.0 Å². The monoisotopic (exact) mass is 413 g/mol. The zero-order valence-electron chi connectivity index (χ0n) is 16.0. The first-order valence-corrected chi connectivity index (χ1v) is 9.30. The fraction of sp³-hybridized carbons (Fsp3) is 0.190. The molecule has 0 aliphatic carbocycles. The van der Waals surface area contributed by atoms with Crippen molar-refractivity contribution in [3.8, 4) is 0 Å². The highest BCUT2D eigenvalue weighted by Gasteiger charge is 2.41. The predicted octanol–water partition coefficient (Wildman–Crippen LogP) is 2.51. The van der Waals surface area contributed by atoms with Crippen LogP contribution < -0.4 is 10.2 Å². The van der Waals surface area contributed by atoms with Crippen LogP contribution in [0.15, 0.2) is 54.2 Å². The van der Waals surface area contributed by atoms with Crippen molar-refractivity contribution in [2.45, 2.75) is 6.92 Å². The number of hydrogen-bond acceptors (Lipinski definition) is 5. The van der Waals surface area contributed by atoms with E-state index in [0.29, 0.717) is 22.0 Å². The maximum absolute atomic E-state index is 13.2. The molecule has 150 valence electrons. The van der Waals surface area contributed by atoms with Gasteiger partial charge in [-0.3, -0.25) is 14.4 Å². The molecule has 29 heavy (non-hydrogen) atoms. The number of imide groups is 1. The van der Waals surface area contributed by atoms with E-state index in [-0.39, 0.29) is 30.3 Å². The van der Waals surface area contributed by atoms with Gasteiger partial charge in [0.05, 0.1) is 17.9 Å². The molecule has 2 N–H and O–H groups in total. The second kappa shape index (κ2) is 8.46. The number of carbonyl (C=O) groups excluding carboxylic acids is 3. The summed E-state index contributed by atoms with van der Waals surface area (Å²) in [4.78, 5) is 40.3. The van der Waals surface area contributed by atoms with E-state index >= 15 is 0 Å². The van der Waals surface area contributed by atoms with Crippen molar-refractivity contribution in [2.24, 2.45) is 0 Å². The van der Waals surface area contributed by atoms with Gasteiger partial charge in [0.2, 0.25) is 5.91 Å². The molecule has 0 spiro atoms. The number of aliphatic hydroxyl groups is 1. The number of anilines is 2. The number of benzene rings is 2. The van der Waals surface area contributed by atoms with E-state index in [4.69, 9.17) is 11.6 Å². The Bertz CT molecular complexity index is 984. The van der Waals surface area contributed by atoms with Crippen LogP contribution in [-0.2, 0) is 14.4 Å². The van der Waals surface area contributed by atoms with E-state index in [1.165, 1.54) is 6.92 Å². The summed E-state index contributed by atoms with van der Waals surface area (Å²) < 4.78 is 0. The molecule has 8 heteroatoms. The third-order valence-corrected chi connectivity index (χ3v) is 4.71. The average Bonchev–Trinajstić information content (AvgIpc) is 2.93. The maximum Gasteiger partial charge on any atom is 0.282 e. The fourth-order valence-corrected chi connectivity index (χ4v) is 3.27. The zero-order valence-corrected chi connectivity index (χ0v) is 16.7. The van der Waals surface area contributed by atoms with Gasteiger partial charge in [0.25, 0.3) is 11.8 Å². The lowest BCUT2D eigenvalue weighted by Gasteiger charge is -2.20. The minimum absolute atomic E-state index is 0.166. The van der Waals surface area contributed by atoms with Crippen LogP contribution in [0, 0.1) is 0 Å². The third kappa shape index (κ3) is 4.16. The molecule has 7 nitrogen and oxygen atoms in total. The molecule has 1 aliphatic heterocycles. The number of likely N-dealkylation sites (N-methyl/N-ethyl adjacent to an activating group) is 1. The maximum atomic E-state index is 13.2. The minimum Gasteiger partial charge on any atom is -0.395 e. The van der Waals surface area contributed by atoms with Gasteiger partial charge in [-0.1, -0.05) is 23.7 Å². The molecule has 1 heterocycles. The molecular weight excluding hydrogens is 394 g/mol. The van der Waals surface area contributed by atoms with Gasteiger partial charge in [-0.2, -0.15) is 0 Å². The first-order chi connectivity index (χ1) is 13.8. The summed E-state index contributed by atoms with van der Waals surface area (Å²) >= 11 is 5.96. The Morgan fingerprint density at radius 3 is 2.24 bits per heavy atom. The molecule has 0 fully saturated rings. The van der Waals surface area contributed by atoms with Crippen LogP contribution in [0.4, 0.5) is 11.4 Å². The first-order valence-electron chi connectivity index (χ1n) is 8.92. The summed E-state index contributed by atoms with van der Waals surface area (Å²) in [5.74, 6) is -1.17. The molecule has 0 aromatic heterocycles. The largest absolute Gasteiger partial charge is 0.395 e. The van der Waals surface area contributed by atoms with E-state index in [2.05, 4.69) is 5.32 Å². The first kappa shape index (κ1) is 20.6. The van der Waals surface area contributed by atoms with Crippen LogP contribution in [0.25, 0.3) is 5.57 Å². The number of hydrogen-bond donors (Lipinski definition) is 2. The van der Waals surface area contributed by atoms with E-state index in [1.54, 1.807) is 60.5 Å². The van der Waals surface area contributed by atoms with Gasteiger partial charge < -0.3 is 15.3 Å². The van der Waals surface area contributed by atoms with E-state index in [0.717, 1.165) is 4.90 Å². The highest BCUT2D eigenvalue weighted by atomic mass is 35.5. The quantitative estimate of drug-likeness (QED) is 0.710. The smallest absolute Gasteiger partial charge is 0.282 e. The van der Waals surface area contributed by atoms with E-state index in [9.17, 15) is 19.5 Å². The number of amides is 3. The Morgan fingerprint density at radius 1 is 1.07 bits per heavy atom. The molecule has 2 aromatic rings. The molecule has 0 radical (unpaired) electrons. The normalized spacial score (nSPS) is 13.9. The lowest BCUT2D eigenvalue weighted by Crippen LogP contribution is -2.34. The SMILES string of the molecule is CC(=O)Nc1ccc(N2C(=O)C(c3ccc(Cl)cc3)=C(N(C)CCO)C2=O)cc1. The molecule has 2 aromatic carbocycles. The predicted molar refractivity (Wildman–Crippen MR) is 111 cm³/mol. The molecule has 0 saturated heterocycles. The number of nitrogens with zero attached hydrogens (tertiary/aromatic N) is 2. The highest BCUT2D eigenvalue weighted by molar-refractivity contribution is 6.45. The second-order valence-corrected chi connectivity index (χ2v) is 6.99. The number of halogens is 1. The van der Waals surface area contributed by atoms with Crippen molar-refractivity contribution in [2.75, 3.05) is 30.4 Å². The number of nitrogens with one attached hydrogen (secondary N) is 1. The van der Waals surface area contributed by atoms with Gasteiger partial charge in [-0.05, 0) is 42.0 Å². The molecule has 3 rings (SSSR count).